The fourth-order valence-corrected chi connectivity index (χ4v) is 2.24. The first-order valence-corrected chi connectivity index (χ1v) is 7.97. The Morgan fingerprint density at radius 1 is 1.29 bits per heavy atom. The molecule has 1 rings (SSSR count). The second-order valence-corrected chi connectivity index (χ2v) is 6.16. The van der Waals surface area contributed by atoms with Crippen LogP contribution in [0.25, 0.3) is 0 Å². The highest BCUT2D eigenvalue weighted by molar-refractivity contribution is 5.94. The number of hydrogen-bond acceptors (Lipinski definition) is 1. The van der Waals surface area contributed by atoms with E-state index < -0.39 is 0 Å². The highest BCUT2D eigenvalue weighted by Gasteiger charge is 2.18. The lowest BCUT2D eigenvalue weighted by Gasteiger charge is -2.17. The van der Waals surface area contributed by atoms with E-state index in [1.807, 2.05) is 25.1 Å². The number of quaternary nitrogens is 2. The van der Waals surface area contributed by atoms with Crippen LogP contribution >= 0.6 is 0 Å². The van der Waals surface area contributed by atoms with Crippen molar-refractivity contribution in [3.63, 3.8) is 0 Å². The average Bonchev–Trinajstić information content (AvgIpc) is 2.46. The Morgan fingerprint density at radius 2 is 1.95 bits per heavy atom. The minimum absolute atomic E-state index is 0.0608. The summed E-state index contributed by atoms with van der Waals surface area (Å²) in [6.45, 7) is 8.35. The second kappa shape index (κ2) is 8.80. The third-order valence-electron chi connectivity index (χ3n) is 3.94. The number of para-hydroxylation sites is 1. The zero-order valence-corrected chi connectivity index (χ0v) is 14.1. The monoisotopic (exact) mass is 293 g/mol. The molecule has 1 aromatic carbocycles. The molecule has 4 heteroatoms. The minimum atomic E-state index is -0.0608. The Morgan fingerprint density at radius 3 is 2.57 bits per heavy atom. The lowest BCUT2D eigenvalue weighted by molar-refractivity contribution is -0.875. The number of hydrogen-bond donors (Lipinski definition) is 3. The van der Waals surface area contributed by atoms with Gasteiger partial charge in [0.2, 0.25) is 0 Å². The molecule has 0 unspecified atom stereocenters. The number of anilines is 1. The van der Waals surface area contributed by atoms with Crippen molar-refractivity contribution < 1.29 is 15.0 Å². The van der Waals surface area contributed by atoms with Gasteiger partial charge in [0, 0.05) is 5.69 Å². The van der Waals surface area contributed by atoms with E-state index in [-0.39, 0.29) is 11.9 Å². The second-order valence-electron chi connectivity index (χ2n) is 6.16. The third-order valence-corrected chi connectivity index (χ3v) is 3.94. The van der Waals surface area contributed by atoms with E-state index in [9.17, 15) is 4.79 Å². The first kappa shape index (κ1) is 17.7. The van der Waals surface area contributed by atoms with Gasteiger partial charge in [0.25, 0.3) is 5.91 Å². The van der Waals surface area contributed by atoms with Gasteiger partial charge in [-0.3, -0.25) is 4.79 Å². The van der Waals surface area contributed by atoms with E-state index in [2.05, 4.69) is 44.6 Å². The van der Waals surface area contributed by atoms with E-state index in [0.717, 1.165) is 25.2 Å². The normalized spacial score (nSPS) is 14.0. The third kappa shape index (κ3) is 5.86. The average molecular weight is 293 g/mol. The number of benzene rings is 1. The summed E-state index contributed by atoms with van der Waals surface area (Å²) in [6.07, 6.45) is 1.07. The molecule has 0 saturated heterocycles. The molecule has 4 N–H and O–H groups in total. The molecule has 118 valence electrons. The zero-order chi connectivity index (χ0) is 15.8. The van der Waals surface area contributed by atoms with Gasteiger partial charge >= 0.3 is 0 Å². The number of carbonyl (C=O) groups is 1. The van der Waals surface area contributed by atoms with Gasteiger partial charge in [0.15, 0.2) is 6.04 Å². The van der Waals surface area contributed by atoms with E-state index >= 15 is 0 Å². The van der Waals surface area contributed by atoms with Crippen molar-refractivity contribution in [3.8, 4) is 0 Å². The highest BCUT2D eigenvalue weighted by atomic mass is 16.2. The molecule has 0 aliphatic rings. The fourth-order valence-electron chi connectivity index (χ4n) is 2.24. The molecule has 2 atom stereocenters. The van der Waals surface area contributed by atoms with Gasteiger partial charge in [-0.25, -0.2) is 0 Å². The summed E-state index contributed by atoms with van der Waals surface area (Å²) in [7, 11) is 4.25. The first-order chi connectivity index (χ1) is 9.95. The molecular weight excluding hydrogens is 262 g/mol. The van der Waals surface area contributed by atoms with Gasteiger partial charge in [-0.2, -0.15) is 0 Å². The maximum atomic E-state index is 12.3. The van der Waals surface area contributed by atoms with Crippen LogP contribution in [0.2, 0.25) is 0 Å². The lowest BCUT2D eigenvalue weighted by atomic mass is 9.97. The molecule has 0 aliphatic carbocycles. The van der Waals surface area contributed by atoms with E-state index in [4.69, 9.17) is 0 Å². The van der Waals surface area contributed by atoms with Gasteiger partial charge in [0.1, 0.15) is 13.1 Å². The van der Waals surface area contributed by atoms with Crippen LogP contribution in [0.3, 0.4) is 0 Å². The summed E-state index contributed by atoms with van der Waals surface area (Å²) in [4.78, 5) is 13.7. The number of amides is 1. The molecule has 1 amide bonds. The standard InChI is InChI=1S/C17H29N3O/c1-6-13(2)15-9-7-8-10-16(15)19-17(21)14(3)18-11-12-20(4)5/h7-10,13-14,18H,6,11-12H2,1-5H3,(H,19,21)/p+2/t13-,14-/m1/s1. The molecule has 0 saturated carbocycles. The predicted molar refractivity (Wildman–Crippen MR) is 87.7 cm³/mol. The van der Waals surface area contributed by atoms with E-state index in [0.29, 0.717) is 5.92 Å². The van der Waals surface area contributed by atoms with Crippen LogP contribution in [0.4, 0.5) is 5.69 Å². The van der Waals surface area contributed by atoms with Crippen LogP contribution in [0.15, 0.2) is 24.3 Å². The van der Waals surface area contributed by atoms with E-state index in [1.54, 1.807) is 0 Å². The SMILES string of the molecule is CC[C@@H](C)c1ccccc1NC(=O)[C@@H](C)[NH2+]CC[NH+](C)C. The van der Waals surface area contributed by atoms with Crippen molar-refractivity contribution in [2.45, 2.75) is 39.2 Å². The highest BCUT2D eigenvalue weighted by Crippen LogP contribution is 2.26. The van der Waals surface area contributed by atoms with Crippen LogP contribution in [0.1, 0.15) is 38.7 Å². The van der Waals surface area contributed by atoms with E-state index in [1.165, 1.54) is 10.5 Å². The van der Waals surface area contributed by atoms with Crippen molar-refractivity contribution in [1.82, 2.24) is 0 Å². The molecule has 0 heterocycles. The summed E-state index contributed by atoms with van der Waals surface area (Å²) in [5.41, 5.74) is 2.17. The number of likely N-dealkylation sites (N-methyl/N-ethyl adjacent to an activating group) is 1. The minimum Gasteiger partial charge on any atom is -0.335 e. The summed E-state index contributed by atoms with van der Waals surface area (Å²) in [5, 5.41) is 5.19. The quantitative estimate of drug-likeness (QED) is 0.632. The van der Waals surface area contributed by atoms with Crippen LogP contribution < -0.4 is 15.5 Å². The first-order valence-electron chi connectivity index (χ1n) is 7.97. The largest absolute Gasteiger partial charge is 0.335 e. The molecule has 0 aromatic heterocycles. The number of rotatable bonds is 8. The number of nitrogens with two attached hydrogens (primary N) is 1. The molecule has 0 bridgehead atoms. The predicted octanol–water partition coefficient (Wildman–Crippen LogP) is 0.235. The molecule has 4 nitrogen and oxygen atoms in total. The Kier molecular flexibility index (Phi) is 7.40. The Balaban J connectivity index is 2.62. The molecular formula is C17H31N3O+2. The molecule has 0 spiro atoms. The van der Waals surface area contributed by atoms with Crippen molar-refractivity contribution in [2.24, 2.45) is 0 Å². The Labute approximate surface area is 128 Å². The zero-order valence-electron chi connectivity index (χ0n) is 14.1. The van der Waals surface area contributed by atoms with Crippen molar-refractivity contribution >= 4 is 11.6 Å². The Bertz CT molecular complexity index is 445. The van der Waals surface area contributed by atoms with Crippen LogP contribution in [-0.2, 0) is 4.79 Å². The van der Waals surface area contributed by atoms with Gasteiger partial charge in [0.05, 0.1) is 14.1 Å². The van der Waals surface area contributed by atoms with Gasteiger partial charge in [-0.15, -0.1) is 0 Å². The van der Waals surface area contributed by atoms with Gasteiger partial charge < -0.3 is 15.5 Å². The molecule has 0 radical (unpaired) electrons. The molecule has 0 fully saturated rings. The van der Waals surface area contributed by atoms with Crippen LogP contribution in [0.5, 0.6) is 0 Å². The maximum absolute atomic E-state index is 12.3. The molecule has 0 aliphatic heterocycles. The molecule has 1 aromatic rings. The Hall–Kier alpha value is -1.39. The summed E-state index contributed by atoms with van der Waals surface area (Å²) in [6, 6.07) is 8.05. The van der Waals surface area contributed by atoms with Crippen molar-refractivity contribution in [3.05, 3.63) is 29.8 Å². The van der Waals surface area contributed by atoms with Crippen LogP contribution in [0, 0.1) is 0 Å². The van der Waals surface area contributed by atoms with Gasteiger partial charge in [-0.05, 0) is 30.9 Å². The summed E-state index contributed by atoms with van der Waals surface area (Å²) < 4.78 is 0. The van der Waals surface area contributed by atoms with Crippen molar-refractivity contribution in [2.75, 3.05) is 32.5 Å². The number of carbonyl (C=O) groups excluding carboxylic acids is 1. The number of nitrogens with one attached hydrogen (secondary N) is 2. The maximum Gasteiger partial charge on any atom is 0.282 e. The van der Waals surface area contributed by atoms with Crippen molar-refractivity contribution in [1.29, 1.82) is 0 Å². The summed E-state index contributed by atoms with van der Waals surface area (Å²) in [5.74, 6) is 0.539. The smallest absolute Gasteiger partial charge is 0.282 e. The summed E-state index contributed by atoms with van der Waals surface area (Å²) >= 11 is 0. The van der Waals surface area contributed by atoms with Gasteiger partial charge in [-0.1, -0.05) is 32.0 Å². The van der Waals surface area contributed by atoms with Crippen LogP contribution in [-0.4, -0.2) is 39.1 Å². The topological polar surface area (TPSA) is 50.1 Å². The fraction of sp³-hybridized carbons (Fsp3) is 0.588. The molecule has 21 heavy (non-hydrogen) atoms. The lowest BCUT2D eigenvalue weighted by Crippen LogP contribution is -3.10.